The van der Waals surface area contributed by atoms with Crippen LogP contribution in [0.15, 0.2) is 52.9 Å². The maximum atomic E-state index is 11.7. The van der Waals surface area contributed by atoms with Gasteiger partial charge >= 0.3 is 5.97 Å². The van der Waals surface area contributed by atoms with Gasteiger partial charge in [-0.1, -0.05) is 67.6 Å². The third-order valence-electron chi connectivity index (χ3n) is 5.64. The van der Waals surface area contributed by atoms with E-state index in [0.717, 1.165) is 42.8 Å². The summed E-state index contributed by atoms with van der Waals surface area (Å²) in [6.07, 6.45) is 7.50. The van der Waals surface area contributed by atoms with Crippen LogP contribution in [0, 0.1) is 13.8 Å². The monoisotopic (exact) mass is 418 g/mol. The SMILES string of the molecule is CCCCCCc1cc(Cc2ccc(C(=O)OC)cc2)c(Cc2cc(C)cc(C)c2)o1. The molecule has 164 valence electrons. The van der Waals surface area contributed by atoms with Crippen LogP contribution in [0.4, 0.5) is 0 Å². The maximum absolute atomic E-state index is 11.7. The van der Waals surface area contributed by atoms with Gasteiger partial charge in [0.15, 0.2) is 0 Å². The fraction of sp³-hybridized carbons (Fsp3) is 0.393. The van der Waals surface area contributed by atoms with Gasteiger partial charge in [-0.3, -0.25) is 0 Å². The Kier molecular flexibility index (Phi) is 8.11. The molecule has 0 saturated carbocycles. The van der Waals surface area contributed by atoms with E-state index in [1.54, 1.807) is 0 Å². The van der Waals surface area contributed by atoms with Gasteiger partial charge < -0.3 is 9.15 Å². The lowest BCUT2D eigenvalue weighted by Crippen LogP contribution is -2.01. The van der Waals surface area contributed by atoms with Crippen LogP contribution in [-0.2, 0) is 24.0 Å². The third-order valence-corrected chi connectivity index (χ3v) is 5.64. The van der Waals surface area contributed by atoms with Gasteiger partial charge in [0.05, 0.1) is 12.7 Å². The Bertz CT molecular complexity index is 975. The van der Waals surface area contributed by atoms with Gasteiger partial charge in [-0.15, -0.1) is 0 Å². The lowest BCUT2D eigenvalue weighted by molar-refractivity contribution is 0.0600. The summed E-state index contributed by atoms with van der Waals surface area (Å²) in [5.41, 5.74) is 6.81. The summed E-state index contributed by atoms with van der Waals surface area (Å²) in [5, 5.41) is 0. The first kappa shape index (κ1) is 22.9. The highest BCUT2D eigenvalue weighted by atomic mass is 16.5. The normalized spacial score (nSPS) is 11.0. The Morgan fingerprint density at radius 1 is 0.871 bits per heavy atom. The Morgan fingerprint density at radius 3 is 2.23 bits per heavy atom. The standard InChI is InChI=1S/C28H34O3/c1-5-6-7-8-9-26-19-25(17-22-10-12-24(13-11-22)28(29)30-4)27(31-26)18-23-15-20(2)14-21(3)16-23/h10-16,19H,5-9,17-18H2,1-4H3. The molecule has 1 aromatic heterocycles. The molecule has 3 nitrogen and oxygen atoms in total. The first-order valence-electron chi connectivity index (χ1n) is 11.3. The maximum Gasteiger partial charge on any atom is 0.337 e. The Balaban J connectivity index is 1.82. The molecule has 0 spiro atoms. The van der Waals surface area contributed by atoms with Gasteiger partial charge in [-0.25, -0.2) is 4.79 Å². The summed E-state index contributed by atoms with van der Waals surface area (Å²) >= 11 is 0. The minimum atomic E-state index is -0.306. The summed E-state index contributed by atoms with van der Waals surface area (Å²) in [6, 6.07) is 16.6. The van der Waals surface area contributed by atoms with E-state index in [0.29, 0.717) is 5.56 Å². The van der Waals surface area contributed by atoms with E-state index in [9.17, 15) is 4.79 Å². The molecule has 0 radical (unpaired) electrons. The second-order valence-electron chi connectivity index (χ2n) is 8.51. The van der Waals surface area contributed by atoms with Crippen LogP contribution >= 0.6 is 0 Å². The topological polar surface area (TPSA) is 39.4 Å². The van der Waals surface area contributed by atoms with E-state index < -0.39 is 0 Å². The number of carbonyl (C=O) groups excluding carboxylic acids is 1. The number of benzene rings is 2. The number of methoxy groups -OCH3 is 1. The highest BCUT2D eigenvalue weighted by molar-refractivity contribution is 5.89. The molecule has 0 saturated heterocycles. The average Bonchev–Trinajstić information content (AvgIpc) is 3.11. The van der Waals surface area contributed by atoms with Crippen molar-refractivity contribution in [1.29, 1.82) is 0 Å². The molecule has 3 aromatic rings. The van der Waals surface area contributed by atoms with Crippen LogP contribution in [-0.4, -0.2) is 13.1 Å². The van der Waals surface area contributed by atoms with E-state index in [4.69, 9.17) is 9.15 Å². The zero-order valence-electron chi connectivity index (χ0n) is 19.3. The number of hydrogen-bond donors (Lipinski definition) is 0. The number of ether oxygens (including phenoxy) is 1. The summed E-state index contributed by atoms with van der Waals surface area (Å²) in [6.45, 7) is 6.52. The molecule has 0 unspecified atom stereocenters. The summed E-state index contributed by atoms with van der Waals surface area (Å²) in [7, 11) is 1.41. The van der Waals surface area contributed by atoms with Crippen molar-refractivity contribution in [2.45, 2.75) is 65.7 Å². The number of rotatable bonds is 10. The zero-order chi connectivity index (χ0) is 22.2. The molecule has 0 N–H and O–H groups in total. The highest BCUT2D eigenvalue weighted by Crippen LogP contribution is 2.25. The Morgan fingerprint density at radius 2 is 1.58 bits per heavy atom. The van der Waals surface area contributed by atoms with Crippen molar-refractivity contribution in [3.63, 3.8) is 0 Å². The van der Waals surface area contributed by atoms with Gasteiger partial charge in [0.25, 0.3) is 0 Å². The quantitative estimate of drug-likeness (QED) is 0.263. The van der Waals surface area contributed by atoms with Crippen molar-refractivity contribution >= 4 is 5.97 Å². The van der Waals surface area contributed by atoms with E-state index in [-0.39, 0.29) is 5.97 Å². The van der Waals surface area contributed by atoms with Gasteiger partial charge in [0.2, 0.25) is 0 Å². The molecule has 0 aliphatic carbocycles. The van der Waals surface area contributed by atoms with E-state index in [1.807, 2.05) is 24.3 Å². The Hall–Kier alpha value is -2.81. The van der Waals surface area contributed by atoms with Crippen molar-refractivity contribution in [3.8, 4) is 0 Å². The van der Waals surface area contributed by atoms with E-state index >= 15 is 0 Å². The van der Waals surface area contributed by atoms with Crippen molar-refractivity contribution in [2.24, 2.45) is 0 Å². The van der Waals surface area contributed by atoms with Gasteiger partial charge in [-0.2, -0.15) is 0 Å². The largest absolute Gasteiger partial charge is 0.465 e. The fourth-order valence-electron chi connectivity index (χ4n) is 4.13. The first-order chi connectivity index (χ1) is 15.0. The molecular formula is C28H34O3. The van der Waals surface area contributed by atoms with Crippen molar-refractivity contribution in [1.82, 2.24) is 0 Å². The fourth-order valence-corrected chi connectivity index (χ4v) is 4.13. The lowest BCUT2D eigenvalue weighted by atomic mass is 9.99. The van der Waals surface area contributed by atoms with Crippen LogP contribution in [0.5, 0.6) is 0 Å². The molecule has 31 heavy (non-hydrogen) atoms. The Labute approximate surface area is 186 Å². The molecule has 0 aliphatic rings. The number of unbranched alkanes of at least 4 members (excludes halogenated alkanes) is 3. The first-order valence-corrected chi connectivity index (χ1v) is 11.3. The zero-order valence-corrected chi connectivity index (χ0v) is 19.3. The predicted molar refractivity (Wildman–Crippen MR) is 126 cm³/mol. The van der Waals surface area contributed by atoms with Crippen LogP contribution in [0.25, 0.3) is 0 Å². The van der Waals surface area contributed by atoms with Crippen LogP contribution in [0.1, 0.15) is 82.3 Å². The molecule has 3 heteroatoms. The minimum absolute atomic E-state index is 0.306. The van der Waals surface area contributed by atoms with Crippen LogP contribution < -0.4 is 0 Å². The van der Waals surface area contributed by atoms with Crippen molar-refractivity contribution in [3.05, 3.63) is 93.4 Å². The minimum Gasteiger partial charge on any atom is -0.465 e. The molecule has 0 fully saturated rings. The molecule has 1 heterocycles. The highest BCUT2D eigenvalue weighted by Gasteiger charge is 2.14. The molecule has 0 bridgehead atoms. The van der Waals surface area contributed by atoms with Gasteiger partial charge in [0, 0.05) is 19.3 Å². The molecular weight excluding hydrogens is 384 g/mol. The van der Waals surface area contributed by atoms with Crippen LogP contribution in [0.3, 0.4) is 0 Å². The lowest BCUT2D eigenvalue weighted by Gasteiger charge is -2.07. The van der Waals surface area contributed by atoms with E-state index in [1.165, 1.54) is 48.6 Å². The van der Waals surface area contributed by atoms with Crippen molar-refractivity contribution in [2.75, 3.05) is 7.11 Å². The smallest absolute Gasteiger partial charge is 0.337 e. The van der Waals surface area contributed by atoms with Crippen molar-refractivity contribution < 1.29 is 13.9 Å². The van der Waals surface area contributed by atoms with Gasteiger partial charge in [0.1, 0.15) is 11.5 Å². The third kappa shape index (κ3) is 6.58. The summed E-state index contributed by atoms with van der Waals surface area (Å²) < 4.78 is 11.2. The predicted octanol–water partition coefficient (Wildman–Crippen LogP) is 6.99. The molecule has 3 rings (SSSR count). The van der Waals surface area contributed by atoms with Gasteiger partial charge in [-0.05, 0) is 55.2 Å². The molecule has 0 aliphatic heterocycles. The number of furan rings is 1. The summed E-state index contributed by atoms with van der Waals surface area (Å²) in [4.78, 5) is 11.7. The second-order valence-corrected chi connectivity index (χ2v) is 8.51. The molecule has 2 aromatic carbocycles. The number of esters is 1. The molecule has 0 atom stereocenters. The second kappa shape index (κ2) is 11.0. The number of hydrogen-bond acceptors (Lipinski definition) is 3. The van der Waals surface area contributed by atoms with E-state index in [2.05, 4.69) is 45.0 Å². The van der Waals surface area contributed by atoms with Crippen LogP contribution in [0.2, 0.25) is 0 Å². The summed E-state index contributed by atoms with van der Waals surface area (Å²) in [5.74, 6) is 1.82. The average molecular weight is 419 g/mol. The number of carbonyl (C=O) groups is 1. The number of aryl methyl sites for hydroxylation is 3. The molecule has 0 amide bonds.